The highest BCUT2D eigenvalue weighted by Crippen LogP contribution is 2.48. The highest BCUT2D eigenvalue weighted by Gasteiger charge is 2.49. The van der Waals surface area contributed by atoms with Crippen molar-refractivity contribution in [2.75, 3.05) is 40.0 Å². The zero-order chi connectivity index (χ0) is 10.4. The van der Waals surface area contributed by atoms with Gasteiger partial charge in [-0.2, -0.15) is 0 Å². The second kappa shape index (κ2) is 3.44. The van der Waals surface area contributed by atoms with Crippen LogP contribution >= 0.6 is 0 Å². The SMILES string of the molecule is COCC1(CN2CCC3(CCO3)C2)CC1. The van der Waals surface area contributed by atoms with Gasteiger partial charge in [0.25, 0.3) is 0 Å². The Labute approximate surface area is 91.7 Å². The largest absolute Gasteiger partial charge is 0.384 e. The first kappa shape index (κ1) is 10.1. The van der Waals surface area contributed by atoms with Crippen LogP contribution in [-0.2, 0) is 9.47 Å². The van der Waals surface area contributed by atoms with Gasteiger partial charge in [0.15, 0.2) is 0 Å². The van der Waals surface area contributed by atoms with Gasteiger partial charge >= 0.3 is 0 Å². The van der Waals surface area contributed by atoms with E-state index in [9.17, 15) is 0 Å². The molecule has 3 heteroatoms. The Morgan fingerprint density at radius 1 is 1.27 bits per heavy atom. The van der Waals surface area contributed by atoms with E-state index in [0.717, 1.165) is 13.2 Å². The topological polar surface area (TPSA) is 21.7 Å². The fraction of sp³-hybridized carbons (Fsp3) is 1.00. The van der Waals surface area contributed by atoms with E-state index in [1.165, 1.54) is 45.3 Å². The van der Waals surface area contributed by atoms with Crippen LogP contribution in [0.1, 0.15) is 25.7 Å². The van der Waals surface area contributed by atoms with Crippen LogP contribution in [-0.4, -0.2) is 50.5 Å². The minimum absolute atomic E-state index is 0.267. The van der Waals surface area contributed by atoms with E-state index in [1.807, 2.05) is 7.11 Å². The Morgan fingerprint density at radius 2 is 2.07 bits per heavy atom. The number of hydrogen-bond acceptors (Lipinski definition) is 3. The molecule has 2 saturated heterocycles. The van der Waals surface area contributed by atoms with Crippen LogP contribution in [0.15, 0.2) is 0 Å². The Balaban J connectivity index is 1.52. The maximum atomic E-state index is 5.73. The van der Waals surface area contributed by atoms with Crippen molar-refractivity contribution < 1.29 is 9.47 Å². The van der Waals surface area contributed by atoms with Crippen molar-refractivity contribution in [3.63, 3.8) is 0 Å². The molecule has 1 atom stereocenters. The second-order valence-corrected chi connectivity index (χ2v) is 5.68. The Hall–Kier alpha value is -0.120. The van der Waals surface area contributed by atoms with Crippen LogP contribution in [0.2, 0.25) is 0 Å². The highest BCUT2D eigenvalue weighted by atomic mass is 16.5. The summed E-state index contributed by atoms with van der Waals surface area (Å²) in [6, 6.07) is 0. The third kappa shape index (κ3) is 1.81. The summed E-state index contributed by atoms with van der Waals surface area (Å²) in [4.78, 5) is 2.59. The normalized spacial score (nSPS) is 38.2. The summed E-state index contributed by atoms with van der Waals surface area (Å²) in [5.74, 6) is 0. The van der Waals surface area contributed by atoms with Gasteiger partial charge in [-0.1, -0.05) is 0 Å². The first-order chi connectivity index (χ1) is 7.26. The molecule has 3 rings (SSSR count). The minimum atomic E-state index is 0.267. The smallest absolute Gasteiger partial charge is 0.0842 e. The van der Waals surface area contributed by atoms with Crippen molar-refractivity contribution in [2.24, 2.45) is 5.41 Å². The van der Waals surface area contributed by atoms with Gasteiger partial charge in [0.2, 0.25) is 0 Å². The first-order valence-corrected chi connectivity index (χ1v) is 6.11. The Kier molecular flexibility index (Phi) is 2.31. The summed E-state index contributed by atoms with van der Waals surface area (Å²) in [7, 11) is 1.82. The van der Waals surface area contributed by atoms with Crippen molar-refractivity contribution in [1.29, 1.82) is 0 Å². The van der Waals surface area contributed by atoms with Crippen LogP contribution in [0.5, 0.6) is 0 Å². The van der Waals surface area contributed by atoms with Crippen LogP contribution in [0.3, 0.4) is 0 Å². The molecule has 0 bridgehead atoms. The van der Waals surface area contributed by atoms with Crippen LogP contribution in [0.4, 0.5) is 0 Å². The lowest BCUT2D eigenvalue weighted by Crippen LogP contribution is -2.46. The van der Waals surface area contributed by atoms with Crippen molar-refractivity contribution in [3.8, 4) is 0 Å². The molecule has 1 spiro atoms. The quantitative estimate of drug-likeness (QED) is 0.699. The summed E-state index contributed by atoms with van der Waals surface area (Å²) < 4.78 is 11.0. The predicted octanol–water partition coefficient (Wildman–Crippen LogP) is 1.28. The van der Waals surface area contributed by atoms with Crippen molar-refractivity contribution in [2.45, 2.75) is 31.3 Å². The summed E-state index contributed by atoms with van der Waals surface area (Å²) in [5.41, 5.74) is 0.771. The number of nitrogens with zero attached hydrogens (tertiary/aromatic N) is 1. The molecule has 0 N–H and O–H groups in total. The van der Waals surface area contributed by atoms with Crippen LogP contribution < -0.4 is 0 Å². The lowest BCUT2D eigenvalue weighted by atomic mass is 9.94. The molecule has 1 saturated carbocycles. The molecular weight excluding hydrogens is 190 g/mol. The molecule has 0 amide bonds. The van der Waals surface area contributed by atoms with Crippen molar-refractivity contribution in [3.05, 3.63) is 0 Å². The molecule has 0 aromatic carbocycles. The number of likely N-dealkylation sites (tertiary alicyclic amines) is 1. The maximum absolute atomic E-state index is 5.73. The molecule has 1 unspecified atom stereocenters. The fourth-order valence-corrected chi connectivity index (χ4v) is 3.08. The molecule has 2 aliphatic heterocycles. The van der Waals surface area contributed by atoms with E-state index >= 15 is 0 Å². The second-order valence-electron chi connectivity index (χ2n) is 5.68. The van der Waals surface area contributed by atoms with Gasteiger partial charge in [-0.3, -0.25) is 4.90 Å². The van der Waals surface area contributed by atoms with E-state index in [0.29, 0.717) is 5.41 Å². The van der Waals surface area contributed by atoms with Gasteiger partial charge in [0.1, 0.15) is 0 Å². The average molecular weight is 211 g/mol. The molecule has 3 fully saturated rings. The summed E-state index contributed by atoms with van der Waals surface area (Å²) in [6.07, 6.45) is 5.23. The van der Waals surface area contributed by atoms with Crippen molar-refractivity contribution >= 4 is 0 Å². The summed E-state index contributed by atoms with van der Waals surface area (Å²) >= 11 is 0. The molecule has 2 heterocycles. The van der Waals surface area contributed by atoms with E-state index in [2.05, 4.69) is 4.90 Å². The predicted molar refractivity (Wildman–Crippen MR) is 57.9 cm³/mol. The number of ether oxygens (including phenoxy) is 2. The standard InChI is InChI=1S/C12H21NO2/c1-14-10-11(2-3-11)8-13-6-4-12(9-13)5-7-15-12/h2-10H2,1H3. The van der Waals surface area contributed by atoms with E-state index in [4.69, 9.17) is 9.47 Å². The van der Waals surface area contributed by atoms with Crippen LogP contribution in [0, 0.1) is 5.41 Å². The van der Waals surface area contributed by atoms with Gasteiger partial charge < -0.3 is 9.47 Å². The van der Waals surface area contributed by atoms with E-state index < -0.39 is 0 Å². The third-order valence-corrected chi connectivity index (χ3v) is 4.33. The molecule has 0 radical (unpaired) electrons. The molecule has 15 heavy (non-hydrogen) atoms. The third-order valence-electron chi connectivity index (χ3n) is 4.33. The zero-order valence-corrected chi connectivity index (χ0v) is 9.63. The Morgan fingerprint density at radius 3 is 2.53 bits per heavy atom. The summed E-state index contributed by atoms with van der Waals surface area (Å²) in [5, 5.41) is 0. The van der Waals surface area contributed by atoms with Crippen LogP contribution in [0.25, 0.3) is 0 Å². The van der Waals surface area contributed by atoms with Gasteiger partial charge in [-0.05, 0) is 19.3 Å². The molecule has 86 valence electrons. The zero-order valence-electron chi connectivity index (χ0n) is 9.63. The molecule has 1 aliphatic carbocycles. The average Bonchev–Trinajstić information content (AvgIpc) is 2.77. The van der Waals surface area contributed by atoms with Gasteiger partial charge in [0.05, 0.1) is 18.8 Å². The van der Waals surface area contributed by atoms with E-state index in [-0.39, 0.29) is 5.60 Å². The van der Waals surface area contributed by atoms with Gasteiger partial charge in [0, 0.05) is 38.6 Å². The number of methoxy groups -OCH3 is 1. The molecule has 0 aromatic heterocycles. The van der Waals surface area contributed by atoms with Crippen molar-refractivity contribution in [1.82, 2.24) is 4.90 Å². The van der Waals surface area contributed by atoms with Gasteiger partial charge in [-0.15, -0.1) is 0 Å². The molecule has 3 aliphatic rings. The molecule has 0 aromatic rings. The first-order valence-electron chi connectivity index (χ1n) is 6.11. The van der Waals surface area contributed by atoms with Gasteiger partial charge in [-0.25, -0.2) is 0 Å². The highest BCUT2D eigenvalue weighted by molar-refractivity contribution is 5.01. The molecular formula is C12H21NO2. The lowest BCUT2D eigenvalue weighted by molar-refractivity contribution is -0.137. The summed E-state index contributed by atoms with van der Waals surface area (Å²) in [6.45, 7) is 5.55. The fourth-order valence-electron chi connectivity index (χ4n) is 3.08. The minimum Gasteiger partial charge on any atom is -0.384 e. The number of hydrogen-bond donors (Lipinski definition) is 0. The maximum Gasteiger partial charge on any atom is 0.0842 e. The lowest BCUT2D eigenvalue weighted by Gasteiger charge is -2.38. The Bertz CT molecular complexity index is 246. The van der Waals surface area contributed by atoms with E-state index in [1.54, 1.807) is 0 Å². The number of rotatable bonds is 4. The monoisotopic (exact) mass is 211 g/mol. The molecule has 3 nitrogen and oxygen atoms in total.